The first kappa shape index (κ1) is 12.7. The Hall–Kier alpha value is -1.74. The minimum Gasteiger partial charge on any atom is -0.544 e. The quantitative estimate of drug-likeness (QED) is 0.778. The fraction of sp³-hybridized carbons (Fsp3) is 0.200. The molecule has 2 aromatic carbocycles. The molecule has 0 aliphatic rings. The minimum atomic E-state index is -1.13. The van der Waals surface area contributed by atoms with Gasteiger partial charge in [-0.25, -0.2) is 0 Å². The Morgan fingerprint density at radius 3 is 2.17 bits per heavy atom. The van der Waals surface area contributed by atoms with Crippen molar-refractivity contribution in [1.29, 1.82) is 0 Å². The number of hydrogen-bond donors (Lipinski definition) is 0. The molecule has 0 amide bonds. The van der Waals surface area contributed by atoms with E-state index < -0.39 is 9.04 Å². The summed E-state index contributed by atoms with van der Waals surface area (Å²) >= 11 is 0. The van der Waals surface area contributed by atoms with Crippen LogP contribution in [-0.2, 0) is 0 Å². The van der Waals surface area contributed by atoms with Crippen molar-refractivity contribution in [3.05, 3.63) is 48.5 Å². The van der Waals surface area contributed by atoms with E-state index >= 15 is 0 Å². The topological polar surface area (TPSA) is 18.5 Å². The zero-order valence-corrected chi connectivity index (χ0v) is 12.2. The van der Waals surface area contributed by atoms with Gasteiger partial charge in [-0.2, -0.15) is 0 Å². The Bertz CT molecular complexity index is 509. The van der Waals surface area contributed by atoms with E-state index in [1.54, 1.807) is 7.11 Å². The van der Waals surface area contributed by atoms with Gasteiger partial charge in [0.1, 0.15) is 5.75 Å². The van der Waals surface area contributed by atoms with Crippen LogP contribution in [0.2, 0.25) is 13.1 Å². The molecule has 0 aliphatic carbocycles. The van der Waals surface area contributed by atoms with Crippen molar-refractivity contribution in [3.63, 3.8) is 0 Å². The maximum Gasteiger partial charge on any atom is 0.229 e. The molecule has 2 nitrogen and oxygen atoms in total. The van der Waals surface area contributed by atoms with Gasteiger partial charge in [-0.1, -0.05) is 36.4 Å². The summed E-state index contributed by atoms with van der Waals surface area (Å²) in [4.78, 5) is 0. The van der Waals surface area contributed by atoms with Crippen LogP contribution in [0.1, 0.15) is 0 Å². The minimum absolute atomic E-state index is 0.802. The van der Waals surface area contributed by atoms with Crippen LogP contribution in [0, 0.1) is 0 Å². The van der Waals surface area contributed by atoms with Crippen LogP contribution in [-0.4, -0.2) is 16.2 Å². The predicted molar refractivity (Wildman–Crippen MR) is 77.9 cm³/mol. The predicted octanol–water partition coefficient (Wildman–Crippen LogP) is 3.72. The Balaban J connectivity index is 2.39. The molecule has 94 valence electrons. The number of benzene rings is 2. The van der Waals surface area contributed by atoms with Crippen LogP contribution in [0.5, 0.6) is 11.5 Å². The van der Waals surface area contributed by atoms with Gasteiger partial charge in [0.05, 0.1) is 7.11 Å². The smallest absolute Gasteiger partial charge is 0.229 e. The Morgan fingerprint density at radius 2 is 1.56 bits per heavy atom. The van der Waals surface area contributed by atoms with Gasteiger partial charge in [0.2, 0.25) is 9.04 Å². The summed E-state index contributed by atoms with van der Waals surface area (Å²) in [7, 11) is 0.539. The molecule has 0 bridgehead atoms. The maximum atomic E-state index is 5.91. The lowest BCUT2D eigenvalue weighted by Crippen LogP contribution is -2.11. The van der Waals surface area contributed by atoms with Gasteiger partial charge in [-0.15, -0.1) is 0 Å². The van der Waals surface area contributed by atoms with Crippen molar-refractivity contribution in [2.75, 3.05) is 7.11 Å². The average molecular weight is 258 g/mol. The number of rotatable bonds is 4. The normalized spacial score (nSPS) is 10.4. The molecular formula is C15H18O2Si. The molecule has 0 radical (unpaired) electrons. The highest BCUT2D eigenvalue weighted by molar-refractivity contribution is 6.49. The van der Waals surface area contributed by atoms with Crippen molar-refractivity contribution in [1.82, 2.24) is 0 Å². The lowest BCUT2D eigenvalue weighted by molar-refractivity contribution is 0.394. The van der Waals surface area contributed by atoms with Gasteiger partial charge < -0.3 is 9.16 Å². The molecular weight excluding hydrogens is 240 g/mol. The summed E-state index contributed by atoms with van der Waals surface area (Å²) in [5.41, 5.74) is 2.34. The first-order valence-electron chi connectivity index (χ1n) is 6.11. The molecule has 0 heterocycles. The van der Waals surface area contributed by atoms with E-state index in [4.69, 9.17) is 9.16 Å². The van der Waals surface area contributed by atoms with Gasteiger partial charge in [-0.05, 0) is 36.4 Å². The van der Waals surface area contributed by atoms with Gasteiger partial charge in [-0.3, -0.25) is 0 Å². The largest absolute Gasteiger partial charge is 0.544 e. The number of methoxy groups -OCH3 is 1. The second kappa shape index (κ2) is 5.73. The zero-order valence-electron chi connectivity index (χ0n) is 11.0. The summed E-state index contributed by atoms with van der Waals surface area (Å²) in [6, 6.07) is 16.4. The fourth-order valence-corrected chi connectivity index (χ4v) is 2.52. The SMILES string of the molecule is COc1ccc(-c2ccccc2)cc1O[SiH](C)C. The molecule has 0 saturated heterocycles. The molecule has 18 heavy (non-hydrogen) atoms. The van der Waals surface area contributed by atoms with E-state index in [2.05, 4.69) is 37.4 Å². The van der Waals surface area contributed by atoms with Crippen LogP contribution in [0.4, 0.5) is 0 Å². The lowest BCUT2D eigenvalue weighted by Gasteiger charge is -2.14. The molecule has 3 heteroatoms. The summed E-state index contributed by atoms with van der Waals surface area (Å²) in [6.45, 7) is 4.29. The van der Waals surface area contributed by atoms with Crippen molar-refractivity contribution >= 4 is 9.04 Å². The molecule has 0 saturated carbocycles. The van der Waals surface area contributed by atoms with Crippen molar-refractivity contribution < 1.29 is 9.16 Å². The molecule has 0 N–H and O–H groups in total. The first-order valence-corrected chi connectivity index (χ1v) is 8.89. The molecule has 0 spiro atoms. The number of hydrogen-bond acceptors (Lipinski definition) is 2. The van der Waals surface area contributed by atoms with Crippen molar-refractivity contribution in [3.8, 4) is 22.6 Å². The average Bonchev–Trinajstić information content (AvgIpc) is 2.39. The van der Waals surface area contributed by atoms with E-state index in [0.717, 1.165) is 17.1 Å². The molecule has 0 aromatic heterocycles. The van der Waals surface area contributed by atoms with E-state index in [1.165, 1.54) is 5.56 Å². The van der Waals surface area contributed by atoms with Crippen molar-refractivity contribution in [2.45, 2.75) is 13.1 Å². The van der Waals surface area contributed by atoms with E-state index in [0.29, 0.717) is 0 Å². The lowest BCUT2D eigenvalue weighted by atomic mass is 10.1. The Morgan fingerprint density at radius 1 is 0.833 bits per heavy atom. The highest BCUT2D eigenvalue weighted by atomic mass is 28.3. The van der Waals surface area contributed by atoms with E-state index in [-0.39, 0.29) is 0 Å². The third-order valence-electron chi connectivity index (χ3n) is 2.63. The van der Waals surface area contributed by atoms with Gasteiger partial charge in [0.15, 0.2) is 5.75 Å². The molecule has 2 rings (SSSR count). The molecule has 0 fully saturated rings. The van der Waals surface area contributed by atoms with Crippen LogP contribution in [0.25, 0.3) is 11.1 Å². The summed E-state index contributed by atoms with van der Waals surface area (Å²) in [5.74, 6) is 1.65. The summed E-state index contributed by atoms with van der Waals surface area (Å²) in [6.07, 6.45) is 0. The van der Waals surface area contributed by atoms with Crippen LogP contribution >= 0.6 is 0 Å². The molecule has 0 unspecified atom stereocenters. The monoisotopic (exact) mass is 258 g/mol. The van der Waals surface area contributed by atoms with Crippen molar-refractivity contribution in [2.24, 2.45) is 0 Å². The second-order valence-corrected chi connectivity index (χ2v) is 6.73. The Kier molecular flexibility index (Phi) is 4.05. The third-order valence-corrected chi connectivity index (χ3v) is 3.36. The molecule has 2 aromatic rings. The summed E-state index contributed by atoms with van der Waals surface area (Å²) in [5, 5.41) is 0. The second-order valence-electron chi connectivity index (χ2n) is 4.40. The number of ether oxygens (including phenoxy) is 1. The third kappa shape index (κ3) is 2.93. The van der Waals surface area contributed by atoms with Gasteiger partial charge >= 0.3 is 0 Å². The van der Waals surface area contributed by atoms with Crippen LogP contribution in [0.15, 0.2) is 48.5 Å². The standard InChI is InChI=1S/C15H18O2Si/c1-16-14-10-9-13(11-15(14)17-18(2)3)12-7-5-4-6-8-12/h4-11,18H,1-3H3. The van der Waals surface area contributed by atoms with Gasteiger partial charge in [0, 0.05) is 0 Å². The summed E-state index contributed by atoms with van der Waals surface area (Å²) < 4.78 is 11.2. The van der Waals surface area contributed by atoms with E-state index in [1.807, 2.05) is 24.3 Å². The Labute approximate surface area is 110 Å². The molecule has 0 atom stereocenters. The van der Waals surface area contributed by atoms with Gasteiger partial charge in [0.25, 0.3) is 0 Å². The van der Waals surface area contributed by atoms with E-state index in [9.17, 15) is 0 Å². The maximum absolute atomic E-state index is 5.91. The first-order chi connectivity index (χ1) is 8.70. The molecule has 0 aliphatic heterocycles. The highest BCUT2D eigenvalue weighted by Crippen LogP contribution is 2.32. The zero-order chi connectivity index (χ0) is 13.0. The van der Waals surface area contributed by atoms with Crippen LogP contribution < -0.4 is 9.16 Å². The fourth-order valence-electron chi connectivity index (χ4n) is 1.83. The highest BCUT2D eigenvalue weighted by Gasteiger charge is 2.08. The van der Waals surface area contributed by atoms with Crippen LogP contribution in [0.3, 0.4) is 0 Å².